The summed E-state index contributed by atoms with van der Waals surface area (Å²) in [6, 6.07) is 3.13. The Morgan fingerprint density at radius 2 is 1.77 bits per heavy atom. The number of hydrogen-bond acceptors (Lipinski definition) is 5. The molecule has 1 fully saturated rings. The molecule has 0 saturated carbocycles. The highest BCUT2D eigenvalue weighted by Crippen LogP contribution is 2.34. The van der Waals surface area contributed by atoms with Crippen LogP contribution in [-0.2, 0) is 11.3 Å². The van der Waals surface area contributed by atoms with E-state index in [1.807, 2.05) is 6.92 Å². The van der Waals surface area contributed by atoms with Crippen molar-refractivity contribution in [2.45, 2.75) is 19.9 Å². The summed E-state index contributed by atoms with van der Waals surface area (Å²) >= 11 is 0. The zero-order chi connectivity index (χ0) is 19.3. The molecule has 0 spiro atoms. The third-order valence-electron chi connectivity index (χ3n) is 4.53. The molecule has 2 atom stereocenters. The van der Waals surface area contributed by atoms with Crippen LogP contribution >= 0.6 is 0 Å². The largest absolute Gasteiger partial charge is 0.496 e. The molecule has 0 aliphatic carbocycles. The van der Waals surface area contributed by atoms with E-state index in [9.17, 15) is 14.7 Å². The van der Waals surface area contributed by atoms with Gasteiger partial charge >= 0.3 is 12.0 Å². The van der Waals surface area contributed by atoms with Crippen molar-refractivity contribution in [2.24, 2.45) is 11.8 Å². The summed E-state index contributed by atoms with van der Waals surface area (Å²) < 4.78 is 16.0. The number of carbonyl (C=O) groups excluding carboxylic acids is 1. The number of carbonyl (C=O) groups is 2. The number of methoxy groups -OCH3 is 3. The van der Waals surface area contributed by atoms with E-state index in [1.54, 1.807) is 24.1 Å². The van der Waals surface area contributed by atoms with Crippen molar-refractivity contribution >= 4 is 12.0 Å². The van der Waals surface area contributed by atoms with Gasteiger partial charge < -0.3 is 29.5 Å². The van der Waals surface area contributed by atoms with Crippen molar-refractivity contribution in [3.63, 3.8) is 0 Å². The van der Waals surface area contributed by atoms with Gasteiger partial charge in [0.05, 0.1) is 39.4 Å². The van der Waals surface area contributed by atoms with Gasteiger partial charge in [0.15, 0.2) is 0 Å². The molecule has 144 valence electrons. The summed E-state index contributed by atoms with van der Waals surface area (Å²) in [5, 5.41) is 12.1. The molecule has 1 heterocycles. The van der Waals surface area contributed by atoms with Gasteiger partial charge in [0.1, 0.15) is 17.2 Å². The van der Waals surface area contributed by atoms with Gasteiger partial charge in [-0.2, -0.15) is 0 Å². The average molecular weight is 366 g/mol. The number of urea groups is 1. The predicted octanol–water partition coefficient (Wildman–Crippen LogP) is 1.96. The maximum absolute atomic E-state index is 12.5. The first-order valence-electron chi connectivity index (χ1n) is 8.44. The monoisotopic (exact) mass is 366 g/mol. The van der Waals surface area contributed by atoms with E-state index in [4.69, 9.17) is 14.2 Å². The Morgan fingerprint density at radius 3 is 2.27 bits per heavy atom. The lowest BCUT2D eigenvalue weighted by atomic mass is 9.91. The van der Waals surface area contributed by atoms with Crippen LogP contribution in [0.2, 0.25) is 0 Å². The molecule has 2 N–H and O–H groups in total. The average Bonchev–Trinajstić information content (AvgIpc) is 2.64. The first kappa shape index (κ1) is 19.7. The third-order valence-corrected chi connectivity index (χ3v) is 4.53. The molecule has 26 heavy (non-hydrogen) atoms. The van der Waals surface area contributed by atoms with Crippen LogP contribution in [0.4, 0.5) is 4.79 Å². The zero-order valence-corrected chi connectivity index (χ0v) is 15.6. The number of amides is 2. The second kappa shape index (κ2) is 8.64. The Balaban J connectivity index is 2.10. The number of aliphatic carboxylic acids is 1. The number of carboxylic acids is 1. The van der Waals surface area contributed by atoms with E-state index in [-0.39, 0.29) is 25.0 Å². The SMILES string of the molecule is COc1cc(OC)c(CNC(=O)N2CC(C)CC(C(=O)O)C2)c(OC)c1. The van der Waals surface area contributed by atoms with Gasteiger partial charge in [-0.1, -0.05) is 6.92 Å². The van der Waals surface area contributed by atoms with Gasteiger partial charge in [-0.25, -0.2) is 4.79 Å². The number of nitrogens with zero attached hydrogens (tertiary/aromatic N) is 1. The molecular weight excluding hydrogens is 340 g/mol. The number of benzene rings is 1. The predicted molar refractivity (Wildman–Crippen MR) is 94.8 cm³/mol. The van der Waals surface area contributed by atoms with E-state index in [0.29, 0.717) is 35.8 Å². The zero-order valence-electron chi connectivity index (χ0n) is 15.6. The number of ether oxygens (including phenoxy) is 3. The van der Waals surface area contributed by atoms with Gasteiger partial charge in [-0.3, -0.25) is 4.79 Å². The standard InChI is InChI=1S/C18H26N2O6/c1-11-5-12(17(21)22)10-20(9-11)18(23)19-8-14-15(25-3)6-13(24-2)7-16(14)26-4/h6-7,11-12H,5,8-10H2,1-4H3,(H,19,23)(H,21,22). The van der Waals surface area contributed by atoms with Crippen LogP contribution in [-0.4, -0.2) is 56.4 Å². The second-order valence-electron chi connectivity index (χ2n) is 6.45. The molecule has 1 aromatic carbocycles. The van der Waals surface area contributed by atoms with Crippen molar-refractivity contribution in [1.82, 2.24) is 10.2 Å². The van der Waals surface area contributed by atoms with Crippen molar-refractivity contribution in [3.05, 3.63) is 17.7 Å². The molecule has 2 rings (SSSR count). The Hall–Kier alpha value is -2.64. The number of nitrogens with one attached hydrogen (secondary N) is 1. The molecule has 1 aliphatic rings. The molecule has 0 radical (unpaired) electrons. The molecule has 2 amide bonds. The smallest absolute Gasteiger partial charge is 0.317 e. The highest BCUT2D eigenvalue weighted by molar-refractivity contribution is 5.76. The first-order chi connectivity index (χ1) is 12.4. The Kier molecular flexibility index (Phi) is 6.54. The lowest BCUT2D eigenvalue weighted by Crippen LogP contribution is -2.49. The number of rotatable bonds is 6. The van der Waals surface area contributed by atoms with Crippen molar-refractivity contribution < 1.29 is 28.9 Å². The molecule has 8 heteroatoms. The molecular formula is C18H26N2O6. The topological polar surface area (TPSA) is 97.3 Å². The lowest BCUT2D eigenvalue weighted by molar-refractivity contribution is -0.143. The molecule has 0 aromatic heterocycles. The summed E-state index contributed by atoms with van der Waals surface area (Å²) in [5.74, 6) is 0.403. The lowest BCUT2D eigenvalue weighted by Gasteiger charge is -2.34. The summed E-state index contributed by atoms with van der Waals surface area (Å²) in [7, 11) is 4.61. The quantitative estimate of drug-likeness (QED) is 0.799. The van der Waals surface area contributed by atoms with Crippen molar-refractivity contribution in [1.29, 1.82) is 0 Å². The summed E-state index contributed by atoms with van der Waals surface area (Å²) in [6.45, 7) is 2.89. The van der Waals surface area contributed by atoms with Gasteiger partial charge in [0, 0.05) is 25.2 Å². The Bertz CT molecular complexity index is 638. The molecule has 1 saturated heterocycles. The number of likely N-dealkylation sites (tertiary alicyclic amines) is 1. The van der Waals surface area contributed by atoms with Gasteiger partial charge in [0.2, 0.25) is 0 Å². The van der Waals surface area contributed by atoms with Crippen LogP contribution in [0.15, 0.2) is 12.1 Å². The van der Waals surface area contributed by atoms with Crippen LogP contribution in [0.25, 0.3) is 0 Å². The molecule has 0 bridgehead atoms. The minimum absolute atomic E-state index is 0.139. The first-order valence-corrected chi connectivity index (χ1v) is 8.44. The van der Waals surface area contributed by atoms with Gasteiger partial charge in [-0.05, 0) is 12.3 Å². The molecule has 2 unspecified atom stereocenters. The van der Waals surface area contributed by atoms with Crippen molar-refractivity contribution in [2.75, 3.05) is 34.4 Å². The maximum atomic E-state index is 12.5. The molecule has 1 aromatic rings. The van der Waals surface area contributed by atoms with Crippen molar-refractivity contribution in [3.8, 4) is 17.2 Å². The molecule has 1 aliphatic heterocycles. The maximum Gasteiger partial charge on any atom is 0.317 e. The normalized spacial score (nSPS) is 19.6. The Labute approximate surface area is 153 Å². The minimum Gasteiger partial charge on any atom is -0.496 e. The van der Waals surface area contributed by atoms with E-state index >= 15 is 0 Å². The highest BCUT2D eigenvalue weighted by atomic mass is 16.5. The van der Waals surface area contributed by atoms with Gasteiger partial charge in [0.25, 0.3) is 0 Å². The van der Waals surface area contributed by atoms with E-state index < -0.39 is 11.9 Å². The fourth-order valence-corrected chi connectivity index (χ4v) is 3.22. The van der Waals surface area contributed by atoms with E-state index in [2.05, 4.69) is 5.32 Å². The van der Waals surface area contributed by atoms with Crippen LogP contribution in [0, 0.1) is 11.8 Å². The second-order valence-corrected chi connectivity index (χ2v) is 6.45. The van der Waals surface area contributed by atoms with Crippen LogP contribution in [0.1, 0.15) is 18.9 Å². The number of piperidine rings is 1. The highest BCUT2D eigenvalue weighted by Gasteiger charge is 2.32. The van der Waals surface area contributed by atoms with E-state index in [0.717, 1.165) is 0 Å². The van der Waals surface area contributed by atoms with Crippen LogP contribution in [0.5, 0.6) is 17.2 Å². The number of carboxylic acid groups (broad SMARTS) is 1. The fraction of sp³-hybridized carbons (Fsp3) is 0.556. The minimum atomic E-state index is -0.868. The van der Waals surface area contributed by atoms with E-state index in [1.165, 1.54) is 14.2 Å². The summed E-state index contributed by atoms with van der Waals surface area (Å²) in [4.78, 5) is 25.3. The fourth-order valence-electron chi connectivity index (χ4n) is 3.22. The number of hydrogen-bond donors (Lipinski definition) is 2. The third kappa shape index (κ3) is 4.50. The van der Waals surface area contributed by atoms with Gasteiger partial charge in [-0.15, -0.1) is 0 Å². The summed E-state index contributed by atoms with van der Waals surface area (Å²) in [6.07, 6.45) is 0.583. The van der Waals surface area contributed by atoms with Crippen LogP contribution in [0.3, 0.4) is 0 Å². The molecule has 8 nitrogen and oxygen atoms in total. The Morgan fingerprint density at radius 1 is 1.15 bits per heavy atom. The van der Waals surface area contributed by atoms with Crippen LogP contribution < -0.4 is 19.5 Å². The summed E-state index contributed by atoms with van der Waals surface area (Å²) in [5.41, 5.74) is 0.684.